The maximum atomic E-state index is 3.50. The first-order chi connectivity index (χ1) is 5.15. The lowest BCUT2D eigenvalue weighted by Crippen LogP contribution is -1.92. The molecule has 0 fully saturated rings. The maximum Gasteiger partial charge on any atom is 0.0284 e. The molecule has 57 valence electrons. The smallest absolute Gasteiger partial charge is 0.0284 e. The molecule has 0 aromatic heterocycles. The summed E-state index contributed by atoms with van der Waals surface area (Å²) < 4.78 is 4.00. The predicted octanol–water partition coefficient (Wildman–Crippen LogP) is 3.17. The van der Waals surface area contributed by atoms with Crippen molar-refractivity contribution in [1.82, 2.24) is 0 Å². The molecule has 1 rings (SSSR count). The second-order valence-corrected chi connectivity index (χ2v) is 5.87. The van der Waals surface area contributed by atoms with Gasteiger partial charge in [0, 0.05) is 21.0 Å². The lowest BCUT2D eigenvalue weighted by molar-refractivity contribution is 1.33. The van der Waals surface area contributed by atoms with E-state index in [4.69, 9.17) is 0 Å². The monoisotopic (exact) mass is 497 g/mol. The molecule has 0 spiro atoms. The molecule has 0 atom stereocenters. The van der Waals surface area contributed by atoms with Crippen molar-refractivity contribution in [2.45, 2.75) is 6.04 Å². The summed E-state index contributed by atoms with van der Waals surface area (Å²) in [5.74, 6) is 0. The molecule has 1 aromatic carbocycles. The predicted molar refractivity (Wildman–Crippen MR) is 74.1 cm³/mol. The van der Waals surface area contributed by atoms with E-state index >= 15 is 0 Å². The Balaban J connectivity index is 3.21. The number of hydrogen-bond donors (Lipinski definition) is 0. The third-order valence-electron chi connectivity index (χ3n) is 1.28. The topological polar surface area (TPSA) is 0 Å². The quantitative estimate of drug-likeness (QED) is 0.318. The van der Waals surface area contributed by atoms with Crippen LogP contribution in [-0.4, -0.2) is 10.2 Å². The second-order valence-electron chi connectivity index (χ2n) is 2.03. The van der Waals surface area contributed by atoms with E-state index in [2.05, 4.69) is 90.1 Å². The van der Waals surface area contributed by atoms with Crippen LogP contribution in [0.3, 0.4) is 0 Å². The average Bonchev–Trinajstić information content (AvgIpc) is 1.97. The summed E-state index contributed by atoms with van der Waals surface area (Å²) >= 11 is 7.08. The molecule has 0 unspecified atom stereocenters. The van der Waals surface area contributed by atoms with Crippen molar-refractivity contribution < 1.29 is 0 Å². The van der Waals surface area contributed by atoms with Crippen LogP contribution < -0.4 is 0 Å². The summed E-state index contributed by atoms with van der Waals surface area (Å²) in [7, 11) is 3.50. The van der Waals surface area contributed by atoms with Gasteiger partial charge < -0.3 is 0 Å². The minimum absolute atomic E-state index is 0.936. The highest BCUT2D eigenvalue weighted by Gasteiger charge is 2.01. The van der Waals surface area contributed by atoms with Gasteiger partial charge in [-0.3, -0.25) is 0 Å². The minimum Gasteiger partial charge on any atom is -0.0440 e. The first kappa shape index (κ1) is 10.7. The maximum absolute atomic E-state index is 3.50. The summed E-state index contributed by atoms with van der Waals surface area (Å²) in [5, 5.41) is 0. The standard InChI is InChI=1S/C7H4I3Si/c8-5-2-7(10)6(9)1-4(5)3-11/h1-2H,3H2. The molecule has 0 saturated carbocycles. The van der Waals surface area contributed by atoms with E-state index in [0.29, 0.717) is 0 Å². The largest absolute Gasteiger partial charge is 0.0440 e. The number of halogens is 3. The zero-order valence-corrected chi connectivity index (χ0v) is 13.0. The highest BCUT2D eigenvalue weighted by atomic mass is 127. The Kier molecular flexibility index (Phi) is 4.62. The molecule has 0 bridgehead atoms. The van der Waals surface area contributed by atoms with Gasteiger partial charge in [0.25, 0.3) is 0 Å². The first-order valence-electron chi connectivity index (χ1n) is 2.93. The minimum atomic E-state index is 0.936. The summed E-state index contributed by atoms with van der Waals surface area (Å²) in [4.78, 5) is 0. The molecular formula is C7H4I3Si. The molecule has 0 amide bonds. The van der Waals surface area contributed by atoms with Gasteiger partial charge in [0.1, 0.15) is 0 Å². The van der Waals surface area contributed by atoms with Crippen molar-refractivity contribution in [2.24, 2.45) is 0 Å². The fourth-order valence-electron chi connectivity index (χ4n) is 0.699. The van der Waals surface area contributed by atoms with Crippen molar-refractivity contribution in [2.75, 3.05) is 0 Å². The second kappa shape index (κ2) is 4.75. The Morgan fingerprint density at radius 1 is 1.00 bits per heavy atom. The third-order valence-corrected chi connectivity index (χ3v) is 5.48. The van der Waals surface area contributed by atoms with E-state index < -0.39 is 0 Å². The summed E-state index contributed by atoms with van der Waals surface area (Å²) in [5.41, 5.74) is 1.37. The fraction of sp³-hybridized carbons (Fsp3) is 0.143. The van der Waals surface area contributed by atoms with Crippen molar-refractivity contribution in [3.63, 3.8) is 0 Å². The van der Waals surface area contributed by atoms with E-state index in [0.717, 1.165) is 6.04 Å². The van der Waals surface area contributed by atoms with Gasteiger partial charge in [0.05, 0.1) is 0 Å². The van der Waals surface area contributed by atoms with E-state index in [1.165, 1.54) is 16.3 Å². The summed E-state index contributed by atoms with van der Waals surface area (Å²) in [6.45, 7) is 0. The van der Waals surface area contributed by atoms with Gasteiger partial charge in [0.15, 0.2) is 0 Å². The Hall–Kier alpha value is 1.63. The molecule has 0 N–H and O–H groups in total. The molecule has 0 aliphatic heterocycles. The van der Waals surface area contributed by atoms with Crippen LogP contribution in [0.5, 0.6) is 0 Å². The molecule has 0 aliphatic carbocycles. The average molecular weight is 497 g/mol. The summed E-state index contributed by atoms with van der Waals surface area (Å²) in [6.07, 6.45) is 0. The van der Waals surface area contributed by atoms with Crippen LogP contribution in [0.2, 0.25) is 0 Å². The summed E-state index contributed by atoms with van der Waals surface area (Å²) in [6, 6.07) is 5.36. The Morgan fingerprint density at radius 2 is 1.55 bits per heavy atom. The van der Waals surface area contributed by atoms with Gasteiger partial charge in [-0.1, -0.05) is 0 Å². The number of rotatable bonds is 1. The van der Waals surface area contributed by atoms with Crippen LogP contribution >= 0.6 is 67.8 Å². The van der Waals surface area contributed by atoms with Gasteiger partial charge in [-0.05, 0) is 91.5 Å². The van der Waals surface area contributed by atoms with Crippen LogP contribution in [0.25, 0.3) is 0 Å². The Labute approximate surface area is 111 Å². The lowest BCUT2D eigenvalue weighted by Gasteiger charge is -2.03. The lowest BCUT2D eigenvalue weighted by atomic mass is 10.2. The first-order valence-corrected chi connectivity index (χ1v) is 6.87. The number of benzene rings is 1. The molecule has 4 heteroatoms. The molecule has 0 heterocycles. The van der Waals surface area contributed by atoms with Gasteiger partial charge in [-0.15, -0.1) is 0 Å². The number of hydrogen-bond acceptors (Lipinski definition) is 0. The van der Waals surface area contributed by atoms with Crippen LogP contribution in [0.4, 0.5) is 0 Å². The molecule has 3 radical (unpaired) electrons. The van der Waals surface area contributed by atoms with Crippen molar-refractivity contribution in [1.29, 1.82) is 0 Å². The van der Waals surface area contributed by atoms with Gasteiger partial charge >= 0.3 is 0 Å². The molecular weight excluding hydrogens is 493 g/mol. The molecule has 0 nitrogen and oxygen atoms in total. The van der Waals surface area contributed by atoms with E-state index in [1.807, 2.05) is 0 Å². The van der Waals surface area contributed by atoms with Crippen molar-refractivity contribution in [3.8, 4) is 0 Å². The van der Waals surface area contributed by atoms with E-state index in [1.54, 1.807) is 0 Å². The van der Waals surface area contributed by atoms with E-state index in [-0.39, 0.29) is 0 Å². The van der Waals surface area contributed by atoms with Crippen molar-refractivity contribution in [3.05, 3.63) is 28.4 Å². The van der Waals surface area contributed by atoms with Crippen LogP contribution in [0, 0.1) is 10.7 Å². The van der Waals surface area contributed by atoms with Crippen molar-refractivity contribution >= 4 is 78.0 Å². The normalized spacial score (nSPS) is 10.2. The molecule has 11 heavy (non-hydrogen) atoms. The molecule has 1 aromatic rings. The molecule has 0 aliphatic rings. The van der Waals surface area contributed by atoms with Gasteiger partial charge in [0.2, 0.25) is 0 Å². The Morgan fingerprint density at radius 3 is 2.09 bits per heavy atom. The fourth-order valence-corrected chi connectivity index (χ4v) is 3.60. The molecule has 0 saturated heterocycles. The highest BCUT2D eigenvalue weighted by molar-refractivity contribution is 14.1. The van der Waals surface area contributed by atoms with Gasteiger partial charge in [-0.25, -0.2) is 0 Å². The van der Waals surface area contributed by atoms with E-state index in [9.17, 15) is 0 Å². The van der Waals surface area contributed by atoms with Crippen LogP contribution in [0.15, 0.2) is 12.1 Å². The SMILES string of the molecule is [Si]Cc1cc(I)c(I)cc1I. The zero-order valence-electron chi connectivity index (χ0n) is 5.50. The van der Waals surface area contributed by atoms with Gasteiger partial charge in [-0.2, -0.15) is 0 Å². The Bertz CT molecular complexity index is 273. The highest BCUT2D eigenvalue weighted by Crippen LogP contribution is 2.21. The van der Waals surface area contributed by atoms with Crippen LogP contribution in [0.1, 0.15) is 5.56 Å². The van der Waals surface area contributed by atoms with Crippen LogP contribution in [-0.2, 0) is 6.04 Å². The third kappa shape index (κ3) is 2.80. The zero-order chi connectivity index (χ0) is 8.43.